The number of nitrogens with one attached hydrogen (secondary N) is 1. The molecule has 2 saturated heterocycles. The Labute approximate surface area is 171 Å². The van der Waals surface area contributed by atoms with Gasteiger partial charge in [-0.1, -0.05) is 0 Å². The van der Waals surface area contributed by atoms with Crippen molar-refractivity contribution in [3.05, 3.63) is 24.0 Å². The second kappa shape index (κ2) is 8.98. The maximum atomic E-state index is 14.6. The van der Waals surface area contributed by atoms with Gasteiger partial charge in [-0.15, -0.1) is 0 Å². The van der Waals surface area contributed by atoms with E-state index in [1.165, 1.54) is 11.0 Å². The lowest BCUT2D eigenvalue weighted by molar-refractivity contribution is -0.122. The van der Waals surface area contributed by atoms with E-state index in [9.17, 15) is 14.0 Å². The summed E-state index contributed by atoms with van der Waals surface area (Å²) in [5.41, 5.74) is 0.243. The first-order valence-electron chi connectivity index (χ1n) is 10.2. The van der Waals surface area contributed by atoms with Crippen molar-refractivity contribution in [2.24, 2.45) is 0 Å². The number of rotatable bonds is 3. The molecule has 0 aromatic heterocycles. The molecule has 7 nitrogen and oxygen atoms in total. The predicted molar refractivity (Wildman–Crippen MR) is 109 cm³/mol. The summed E-state index contributed by atoms with van der Waals surface area (Å²) >= 11 is 0. The summed E-state index contributed by atoms with van der Waals surface area (Å²) in [6.45, 7) is 8.26. The molecule has 1 aromatic carbocycles. The second-order valence-electron chi connectivity index (χ2n) is 8.44. The van der Waals surface area contributed by atoms with E-state index >= 15 is 0 Å². The van der Waals surface area contributed by atoms with E-state index in [-0.39, 0.29) is 5.91 Å². The highest BCUT2D eigenvalue weighted by Gasteiger charge is 2.35. The number of hydrogen-bond donors (Lipinski definition) is 1. The maximum Gasteiger partial charge on any atom is 0.410 e. The largest absolute Gasteiger partial charge is 0.444 e. The average Bonchev–Trinajstić information content (AvgIpc) is 2.67. The van der Waals surface area contributed by atoms with Crippen LogP contribution in [0.25, 0.3) is 0 Å². The minimum absolute atomic E-state index is 0.325. The van der Waals surface area contributed by atoms with Crippen molar-refractivity contribution in [3.8, 4) is 0 Å². The predicted octanol–water partition coefficient (Wildman–Crippen LogP) is 3.39. The highest BCUT2D eigenvalue weighted by Crippen LogP contribution is 2.25. The summed E-state index contributed by atoms with van der Waals surface area (Å²) in [5, 5.41) is 2.76. The van der Waals surface area contributed by atoms with Crippen LogP contribution in [-0.2, 0) is 14.3 Å². The smallest absolute Gasteiger partial charge is 0.410 e. The molecule has 1 unspecified atom stereocenters. The minimum atomic E-state index is -0.631. The lowest BCUT2D eigenvalue weighted by Crippen LogP contribution is -2.51. The lowest BCUT2D eigenvalue weighted by atomic mass is 10.0. The van der Waals surface area contributed by atoms with Crippen LogP contribution in [0, 0.1) is 5.82 Å². The fourth-order valence-corrected chi connectivity index (χ4v) is 3.61. The number of morpholine rings is 1. The van der Waals surface area contributed by atoms with Crippen LogP contribution in [0.4, 0.5) is 20.6 Å². The van der Waals surface area contributed by atoms with Crippen molar-refractivity contribution in [2.75, 3.05) is 43.1 Å². The fraction of sp³-hybridized carbons (Fsp3) is 0.619. The number of carbonyl (C=O) groups is 2. The monoisotopic (exact) mass is 407 g/mol. The molecule has 160 valence electrons. The number of amides is 2. The van der Waals surface area contributed by atoms with E-state index in [1.807, 2.05) is 4.90 Å². The third-order valence-corrected chi connectivity index (χ3v) is 5.00. The molecule has 0 bridgehead atoms. The molecule has 0 saturated carbocycles. The lowest BCUT2D eigenvalue weighted by Gasteiger charge is -2.35. The Kier molecular flexibility index (Phi) is 6.62. The van der Waals surface area contributed by atoms with Gasteiger partial charge in [0.25, 0.3) is 0 Å². The van der Waals surface area contributed by atoms with Gasteiger partial charge in [-0.05, 0) is 58.2 Å². The molecule has 0 spiro atoms. The fourth-order valence-electron chi connectivity index (χ4n) is 3.61. The zero-order valence-electron chi connectivity index (χ0n) is 17.4. The van der Waals surface area contributed by atoms with E-state index in [0.717, 1.165) is 12.8 Å². The van der Waals surface area contributed by atoms with Crippen molar-refractivity contribution in [1.82, 2.24) is 4.90 Å². The number of likely N-dealkylation sites (tertiary alicyclic amines) is 1. The number of halogens is 1. The number of carbonyl (C=O) groups excluding carboxylic acids is 2. The molecule has 1 aromatic rings. The van der Waals surface area contributed by atoms with Crippen LogP contribution in [0.3, 0.4) is 0 Å². The van der Waals surface area contributed by atoms with Gasteiger partial charge >= 0.3 is 6.09 Å². The Morgan fingerprint density at radius 1 is 1.17 bits per heavy atom. The molecule has 2 aliphatic heterocycles. The van der Waals surface area contributed by atoms with Gasteiger partial charge < -0.3 is 19.7 Å². The van der Waals surface area contributed by atoms with Crippen molar-refractivity contribution >= 4 is 23.4 Å². The molecule has 1 N–H and O–H groups in total. The van der Waals surface area contributed by atoms with Gasteiger partial charge in [-0.2, -0.15) is 0 Å². The van der Waals surface area contributed by atoms with Crippen LogP contribution in [0.15, 0.2) is 18.2 Å². The van der Waals surface area contributed by atoms with Crippen molar-refractivity contribution in [2.45, 2.75) is 51.7 Å². The zero-order chi connectivity index (χ0) is 21.0. The molecule has 3 rings (SSSR count). The number of ether oxygens (including phenoxy) is 2. The number of hydrogen-bond acceptors (Lipinski definition) is 5. The van der Waals surface area contributed by atoms with Crippen LogP contribution in [-0.4, -0.2) is 61.4 Å². The Bertz CT molecular complexity index is 744. The van der Waals surface area contributed by atoms with Gasteiger partial charge in [0.1, 0.15) is 17.5 Å². The summed E-state index contributed by atoms with van der Waals surface area (Å²) in [4.78, 5) is 28.7. The SMILES string of the molecule is CC(C)(C)OC(=O)N1CCCCC1C(=O)Nc1ccc(N2CCOCC2)c(F)c1. The van der Waals surface area contributed by atoms with Crippen molar-refractivity contribution in [1.29, 1.82) is 0 Å². The summed E-state index contributed by atoms with van der Waals surface area (Å²) < 4.78 is 25.3. The number of benzene rings is 1. The van der Waals surface area contributed by atoms with Crippen molar-refractivity contribution < 1.29 is 23.5 Å². The van der Waals surface area contributed by atoms with Gasteiger partial charge in [-0.25, -0.2) is 9.18 Å². The number of nitrogens with zero attached hydrogens (tertiary/aromatic N) is 2. The summed E-state index contributed by atoms with van der Waals surface area (Å²) in [6.07, 6.45) is 1.73. The molecule has 0 aliphatic carbocycles. The average molecular weight is 407 g/mol. The van der Waals surface area contributed by atoms with Crippen LogP contribution in [0.5, 0.6) is 0 Å². The highest BCUT2D eigenvalue weighted by molar-refractivity contribution is 5.96. The molecule has 2 fully saturated rings. The normalized spacial score (nSPS) is 20.3. The molecule has 8 heteroatoms. The molecule has 29 heavy (non-hydrogen) atoms. The van der Waals surface area contributed by atoms with E-state index in [0.29, 0.717) is 50.6 Å². The first-order valence-corrected chi connectivity index (χ1v) is 10.2. The summed E-state index contributed by atoms with van der Waals surface area (Å²) in [6, 6.07) is 4.05. The standard InChI is InChI=1S/C21H30FN3O4/c1-21(2,3)29-20(27)25-9-5-4-6-18(25)19(26)23-15-7-8-17(16(22)14-15)24-10-12-28-13-11-24/h7-8,14,18H,4-6,9-13H2,1-3H3,(H,23,26). The van der Waals surface area contributed by atoms with Gasteiger partial charge in [0.05, 0.1) is 18.9 Å². The number of anilines is 2. The van der Waals surface area contributed by atoms with Crippen LogP contribution >= 0.6 is 0 Å². The molecular formula is C21H30FN3O4. The second-order valence-corrected chi connectivity index (χ2v) is 8.44. The maximum absolute atomic E-state index is 14.6. The molecule has 1 atom stereocenters. The molecular weight excluding hydrogens is 377 g/mol. The zero-order valence-corrected chi connectivity index (χ0v) is 17.4. The van der Waals surface area contributed by atoms with Gasteiger partial charge in [0.2, 0.25) is 5.91 Å². The van der Waals surface area contributed by atoms with E-state index in [4.69, 9.17) is 9.47 Å². The topological polar surface area (TPSA) is 71.1 Å². The van der Waals surface area contributed by atoms with Gasteiger partial charge in [-0.3, -0.25) is 9.69 Å². The van der Waals surface area contributed by atoms with E-state index in [1.54, 1.807) is 32.9 Å². The van der Waals surface area contributed by atoms with Crippen molar-refractivity contribution in [3.63, 3.8) is 0 Å². The Morgan fingerprint density at radius 2 is 1.90 bits per heavy atom. The Hall–Kier alpha value is -2.35. The third-order valence-electron chi connectivity index (χ3n) is 5.00. The summed E-state index contributed by atoms with van der Waals surface area (Å²) in [7, 11) is 0. The number of piperidine rings is 1. The van der Waals surface area contributed by atoms with Crippen LogP contribution in [0.2, 0.25) is 0 Å². The molecule has 2 aliphatic rings. The first-order chi connectivity index (χ1) is 13.7. The van der Waals surface area contributed by atoms with Gasteiger partial charge in [0.15, 0.2) is 0 Å². The van der Waals surface area contributed by atoms with Crippen LogP contribution < -0.4 is 10.2 Å². The Morgan fingerprint density at radius 3 is 2.55 bits per heavy atom. The molecule has 2 heterocycles. The van der Waals surface area contributed by atoms with Gasteiger partial charge in [0, 0.05) is 25.3 Å². The Balaban J connectivity index is 1.67. The third kappa shape index (κ3) is 5.59. The van der Waals surface area contributed by atoms with E-state index in [2.05, 4.69) is 5.32 Å². The van der Waals surface area contributed by atoms with Crippen LogP contribution in [0.1, 0.15) is 40.0 Å². The molecule has 0 radical (unpaired) electrons. The highest BCUT2D eigenvalue weighted by atomic mass is 19.1. The minimum Gasteiger partial charge on any atom is -0.444 e. The summed E-state index contributed by atoms with van der Waals surface area (Å²) in [5.74, 6) is -0.716. The molecule has 2 amide bonds. The first kappa shape index (κ1) is 21.4. The quantitative estimate of drug-likeness (QED) is 0.832. The van der Waals surface area contributed by atoms with E-state index < -0.39 is 23.6 Å².